The lowest BCUT2D eigenvalue weighted by Gasteiger charge is -2.20. The number of para-hydroxylation sites is 1. The van der Waals surface area contributed by atoms with Crippen LogP contribution in [0.15, 0.2) is 18.2 Å². The Hall–Kier alpha value is -1.42. The van der Waals surface area contributed by atoms with Crippen LogP contribution in [0.5, 0.6) is 0 Å². The Morgan fingerprint density at radius 1 is 1.42 bits per heavy atom. The minimum absolute atomic E-state index is 0.231. The van der Waals surface area contributed by atoms with Crippen molar-refractivity contribution < 1.29 is 4.39 Å². The summed E-state index contributed by atoms with van der Waals surface area (Å²) in [6, 6.07) is 5.70. The summed E-state index contributed by atoms with van der Waals surface area (Å²) in [5.74, 6) is 1.28. The van der Waals surface area contributed by atoms with Gasteiger partial charge in [-0.05, 0) is 44.9 Å². The molecule has 102 valence electrons. The molecule has 0 spiro atoms. The lowest BCUT2D eigenvalue weighted by molar-refractivity contribution is 0.444. The Bertz CT molecular complexity index is 603. The first-order valence-electron chi connectivity index (χ1n) is 6.99. The van der Waals surface area contributed by atoms with Crippen LogP contribution in [0.25, 0.3) is 11.0 Å². The van der Waals surface area contributed by atoms with Crippen LogP contribution < -0.4 is 5.32 Å². The molecule has 0 saturated carbocycles. The molecule has 1 aliphatic heterocycles. The molecule has 0 radical (unpaired) electrons. The minimum Gasteiger partial charge on any atom is -0.324 e. The van der Waals surface area contributed by atoms with Crippen LogP contribution in [0.4, 0.5) is 4.39 Å². The molecule has 3 nitrogen and oxygen atoms in total. The van der Waals surface area contributed by atoms with Crippen LogP contribution in [-0.2, 0) is 0 Å². The molecular weight excluding hydrogens is 241 g/mol. The van der Waals surface area contributed by atoms with Gasteiger partial charge in [0.1, 0.15) is 11.3 Å². The van der Waals surface area contributed by atoms with E-state index in [2.05, 4.69) is 35.6 Å². The topological polar surface area (TPSA) is 29.9 Å². The Labute approximate surface area is 112 Å². The van der Waals surface area contributed by atoms with Crippen molar-refractivity contribution in [3.05, 3.63) is 29.8 Å². The van der Waals surface area contributed by atoms with Gasteiger partial charge in [0.15, 0.2) is 5.82 Å². The first kappa shape index (κ1) is 12.6. The maximum absolute atomic E-state index is 13.9. The van der Waals surface area contributed by atoms with E-state index < -0.39 is 0 Å². The largest absolute Gasteiger partial charge is 0.324 e. The van der Waals surface area contributed by atoms with E-state index in [-0.39, 0.29) is 17.9 Å². The van der Waals surface area contributed by atoms with Gasteiger partial charge in [0, 0.05) is 6.04 Å². The summed E-state index contributed by atoms with van der Waals surface area (Å²) in [5.41, 5.74) is 1.39. The highest BCUT2D eigenvalue weighted by atomic mass is 19.1. The molecule has 3 rings (SSSR count). The number of aromatic nitrogens is 2. The molecule has 1 N–H and O–H groups in total. The molecular formula is C15H20FN3. The van der Waals surface area contributed by atoms with Crippen molar-refractivity contribution in [3.8, 4) is 0 Å². The van der Waals surface area contributed by atoms with Crippen LogP contribution in [-0.4, -0.2) is 16.1 Å². The minimum atomic E-state index is -0.233. The highest BCUT2D eigenvalue weighted by Gasteiger charge is 2.30. The Kier molecular flexibility index (Phi) is 3.05. The summed E-state index contributed by atoms with van der Waals surface area (Å²) in [4.78, 5) is 4.59. The second-order valence-corrected chi connectivity index (χ2v) is 5.74. The van der Waals surface area contributed by atoms with Crippen LogP contribution >= 0.6 is 0 Å². The molecule has 1 aromatic carbocycles. The SMILES string of the molecule is CC1CCNC1c1nc2c(F)cccc2n1C(C)C. The van der Waals surface area contributed by atoms with Crippen molar-refractivity contribution in [2.24, 2.45) is 5.92 Å². The van der Waals surface area contributed by atoms with Crippen molar-refractivity contribution in [1.29, 1.82) is 0 Å². The van der Waals surface area contributed by atoms with Gasteiger partial charge < -0.3 is 9.88 Å². The van der Waals surface area contributed by atoms with E-state index in [1.807, 2.05) is 6.07 Å². The number of rotatable bonds is 2. The molecule has 0 amide bonds. The van der Waals surface area contributed by atoms with Gasteiger partial charge in [0.05, 0.1) is 11.6 Å². The molecule has 2 unspecified atom stereocenters. The van der Waals surface area contributed by atoms with Gasteiger partial charge in [-0.25, -0.2) is 9.37 Å². The van der Waals surface area contributed by atoms with Gasteiger partial charge in [-0.15, -0.1) is 0 Å². The van der Waals surface area contributed by atoms with E-state index in [9.17, 15) is 4.39 Å². The highest BCUT2D eigenvalue weighted by molar-refractivity contribution is 5.77. The molecule has 1 aliphatic rings. The fourth-order valence-electron chi connectivity index (χ4n) is 3.04. The number of nitrogens with one attached hydrogen (secondary N) is 1. The molecule has 1 saturated heterocycles. The molecule has 4 heteroatoms. The fourth-order valence-corrected chi connectivity index (χ4v) is 3.04. The van der Waals surface area contributed by atoms with Crippen LogP contribution in [0.2, 0.25) is 0 Å². The highest BCUT2D eigenvalue weighted by Crippen LogP contribution is 2.33. The summed E-state index contributed by atoms with van der Waals surface area (Å²) < 4.78 is 16.1. The number of hydrogen-bond donors (Lipinski definition) is 1. The second-order valence-electron chi connectivity index (χ2n) is 5.74. The van der Waals surface area contributed by atoms with Crippen molar-refractivity contribution in [3.63, 3.8) is 0 Å². The average molecular weight is 261 g/mol. The van der Waals surface area contributed by atoms with Gasteiger partial charge in [-0.1, -0.05) is 13.0 Å². The predicted molar refractivity (Wildman–Crippen MR) is 74.6 cm³/mol. The number of hydrogen-bond acceptors (Lipinski definition) is 2. The Morgan fingerprint density at radius 2 is 2.21 bits per heavy atom. The van der Waals surface area contributed by atoms with Crippen LogP contribution in [0.3, 0.4) is 0 Å². The third-order valence-corrected chi connectivity index (χ3v) is 4.03. The zero-order valence-electron chi connectivity index (χ0n) is 11.7. The molecule has 1 fully saturated rings. The summed E-state index contributed by atoms with van der Waals surface area (Å²) in [6.07, 6.45) is 1.15. The number of fused-ring (bicyclic) bond motifs is 1. The van der Waals surface area contributed by atoms with Gasteiger partial charge in [-0.2, -0.15) is 0 Å². The maximum atomic E-state index is 13.9. The lowest BCUT2D eigenvalue weighted by atomic mass is 10.0. The molecule has 2 atom stereocenters. The second kappa shape index (κ2) is 4.60. The molecule has 1 aromatic heterocycles. The standard InChI is InChI=1S/C15H20FN3/c1-9(2)19-12-6-4-5-11(16)14(12)18-15(19)13-10(3)7-8-17-13/h4-6,9-10,13,17H,7-8H2,1-3H3. The normalized spacial score (nSPS) is 23.6. The fraction of sp³-hybridized carbons (Fsp3) is 0.533. The monoisotopic (exact) mass is 261 g/mol. The average Bonchev–Trinajstić information content (AvgIpc) is 2.92. The van der Waals surface area contributed by atoms with Crippen LogP contribution in [0, 0.1) is 11.7 Å². The molecule has 2 aromatic rings. The predicted octanol–water partition coefficient (Wildman–Crippen LogP) is 3.43. The molecule has 2 heterocycles. The molecule has 0 bridgehead atoms. The molecule has 0 aliphatic carbocycles. The third-order valence-electron chi connectivity index (χ3n) is 4.03. The van der Waals surface area contributed by atoms with Crippen molar-refractivity contribution in [2.45, 2.75) is 39.3 Å². The summed E-state index contributed by atoms with van der Waals surface area (Å²) >= 11 is 0. The summed E-state index contributed by atoms with van der Waals surface area (Å²) in [5, 5.41) is 3.49. The van der Waals surface area contributed by atoms with Gasteiger partial charge in [0.2, 0.25) is 0 Å². The number of imidazole rings is 1. The summed E-state index contributed by atoms with van der Waals surface area (Å²) in [6.45, 7) is 7.48. The first-order chi connectivity index (χ1) is 9.09. The van der Waals surface area contributed by atoms with E-state index >= 15 is 0 Å². The van der Waals surface area contributed by atoms with Crippen molar-refractivity contribution in [2.75, 3.05) is 6.54 Å². The van der Waals surface area contributed by atoms with Crippen molar-refractivity contribution in [1.82, 2.24) is 14.9 Å². The van der Waals surface area contributed by atoms with Gasteiger partial charge in [0.25, 0.3) is 0 Å². The van der Waals surface area contributed by atoms with Crippen LogP contribution in [0.1, 0.15) is 45.1 Å². The summed E-state index contributed by atoms with van der Waals surface area (Å²) in [7, 11) is 0. The third kappa shape index (κ3) is 1.94. The smallest absolute Gasteiger partial charge is 0.151 e. The Balaban J connectivity index is 2.23. The lowest BCUT2D eigenvalue weighted by Crippen LogP contribution is -2.22. The zero-order chi connectivity index (χ0) is 13.6. The van der Waals surface area contributed by atoms with E-state index in [0.717, 1.165) is 24.3 Å². The Morgan fingerprint density at radius 3 is 2.84 bits per heavy atom. The first-order valence-corrected chi connectivity index (χ1v) is 6.99. The quantitative estimate of drug-likeness (QED) is 0.897. The van der Waals surface area contributed by atoms with E-state index in [0.29, 0.717) is 11.4 Å². The number of halogens is 1. The van der Waals surface area contributed by atoms with E-state index in [1.54, 1.807) is 6.07 Å². The maximum Gasteiger partial charge on any atom is 0.151 e. The number of benzene rings is 1. The molecule has 19 heavy (non-hydrogen) atoms. The van der Waals surface area contributed by atoms with Gasteiger partial charge >= 0.3 is 0 Å². The van der Waals surface area contributed by atoms with E-state index in [1.165, 1.54) is 6.07 Å². The van der Waals surface area contributed by atoms with Crippen molar-refractivity contribution >= 4 is 11.0 Å². The zero-order valence-corrected chi connectivity index (χ0v) is 11.7. The van der Waals surface area contributed by atoms with E-state index in [4.69, 9.17) is 0 Å². The number of nitrogens with zero attached hydrogens (tertiary/aromatic N) is 2. The van der Waals surface area contributed by atoms with Gasteiger partial charge in [-0.3, -0.25) is 0 Å².